The molecule has 1 aliphatic heterocycles. The molecule has 210 valence electrons. The van der Waals surface area contributed by atoms with E-state index in [2.05, 4.69) is 0 Å². The number of aliphatic hydroxyl groups excluding tert-OH is 1. The molecule has 0 bridgehead atoms. The van der Waals surface area contributed by atoms with Gasteiger partial charge in [-0.1, -0.05) is 63.2 Å². The van der Waals surface area contributed by atoms with Crippen molar-refractivity contribution in [3.63, 3.8) is 0 Å². The fourth-order valence-corrected chi connectivity index (χ4v) is 5.07. The normalized spacial score (nSPS) is 16.7. The lowest BCUT2D eigenvalue weighted by molar-refractivity contribution is -0.140. The standard InChI is InChI=1S/C34H33NO6/c1-34(2,3)27-19-24(15-16-28(27)39-4)31(36)29-30(35(33(38)32(29)37)20-26-14-9-17-40-26)23-12-8-13-25(18-23)41-21-22-10-6-5-7-11-22/h5-19,30,36H,20-21H2,1-4H3/b31-29+. The van der Waals surface area contributed by atoms with Gasteiger partial charge in [0.1, 0.15) is 29.6 Å². The molecule has 0 saturated carbocycles. The lowest BCUT2D eigenvalue weighted by Crippen LogP contribution is -2.29. The number of rotatable bonds is 8. The van der Waals surface area contributed by atoms with E-state index in [1.54, 1.807) is 37.4 Å². The van der Waals surface area contributed by atoms with Crippen molar-refractivity contribution in [3.8, 4) is 11.5 Å². The van der Waals surface area contributed by atoms with Gasteiger partial charge in [0, 0.05) is 11.1 Å². The second-order valence-corrected chi connectivity index (χ2v) is 11.0. The number of carbonyl (C=O) groups is 2. The van der Waals surface area contributed by atoms with E-state index in [0.29, 0.717) is 35.0 Å². The van der Waals surface area contributed by atoms with E-state index in [0.717, 1.165) is 11.1 Å². The first-order valence-electron chi connectivity index (χ1n) is 13.4. The number of benzene rings is 3. The first-order valence-corrected chi connectivity index (χ1v) is 13.4. The molecule has 7 heteroatoms. The molecule has 3 aromatic carbocycles. The predicted octanol–water partition coefficient (Wildman–Crippen LogP) is 6.79. The maximum atomic E-state index is 13.5. The molecule has 0 radical (unpaired) electrons. The molecule has 0 spiro atoms. The van der Waals surface area contributed by atoms with E-state index in [4.69, 9.17) is 13.9 Å². The molecular weight excluding hydrogens is 518 g/mol. The summed E-state index contributed by atoms with van der Waals surface area (Å²) in [5.41, 5.74) is 2.64. The number of ketones is 1. The van der Waals surface area contributed by atoms with Crippen LogP contribution in [0.1, 0.15) is 54.8 Å². The molecule has 1 aliphatic rings. The molecule has 7 nitrogen and oxygen atoms in total. The van der Waals surface area contributed by atoms with Crippen molar-refractivity contribution in [2.75, 3.05) is 7.11 Å². The third-order valence-electron chi connectivity index (χ3n) is 7.15. The molecule has 1 fully saturated rings. The van der Waals surface area contributed by atoms with Gasteiger partial charge in [-0.25, -0.2) is 0 Å². The second kappa shape index (κ2) is 11.4. The van der Waals surface area contributed by atoms with E-state index in [-0.39, 0.29) is 23.3 Å². The van der Waals surface area contributed by atoms with Gasteiger partial charge < -0.3 is 23.9 Å². The zero-order chi connectivity index (χ0) is 29.1. The Kier molecular flexibility index (Phi) is 7.70. The van der Waals surface area contributed by atoms with E-state index in [9.17, 15) is 14.7 Å². The fourth-order valence-electron chi connectivity index (χ4n) is 5.07. The number of hydrogen-bond donors (Lipinski definition) is 1. The molecule has 1 unspecified atom stereocenters. The Bertz CT molecular complexity index is 1580. The quantitative estimate of drug-likeness (QED) is 0.147. The fraction of sp³-hybridized carbons (Fsp3) is 0.235. The Morgan fingerprint density at radius 1 is 0.951 bits per heavy atom. The largest absolute Gasteiger partial charge is 0.507 e. The van der Waals surface area contributed by atoms with Crippen LogP contribution in [0.25, 0.3) is 5.76 Å². The number of aliphatic hydroxyl groups is 1. The third-order valence-corrected chi connectivity index (χ3v) is 7.15. The lowest BCUT2D eigenvalue weighted by atomic mass is 9.84. The summed E-state index contributed by atoms with van der Waals surface area (Å²) >= 11 is 0. The summed E-state index contributed by atoms with van der Waals surface area (Å²) < 4.78 is 17.1. The molecule has 41 heavy (non-hydrogen) atoms. The maximum absolute atomic E-state index is 13.5. The van der Waals surface area contributed by atoms with Crippen molar-refractivity contribution >= 4 is 17.4 Å². The summed E-state index contributed by atoms with van der Waals surface area (Å²) in [5, 5.41) is 11.6. The SMILES string of the molecule is COc1ccc(/C(O)=C2\C(=O)C(=O)N(Cc3ccco3)C2c2cccc(OCc3ccccc3)c2)cc1C(C)(C)C. The van der Waals surface area contributed by atoms with Crippen molar-refractivity contribution in [1.29, 1.82) is 0 Å². The van der Waals surface area contributed by atoms with Crippen molar-refractivity contribution in [1.82, 2.24) is 4.90 Å². The second-order valence-electron chi connectivity index (χ2n) is 11.0. The number of carbonyl (C=O) groups excluding carboxylic acids is 2. The molecule has 0 aliphatic carbocycles. The molecule has 4 aromatic rings. The van der Waals surface area contributed by atoms with Gasteiger partial charge in [0.05, 0.1) is 31.5 Å². The van der Waals surface area contributed by atoms with E-state index < -0.39 is 17.7 Å². The number of methoxy groups -OCH3 is 1. The van der Waals surface area contributed by atoms with Gasteiger partial charge in [-0.2, -0.15) is 0 Å². The molecule has 5 rings (SSSR count). The Labute approximate surface area is 239 Å². The van der Waals surface area contributed by atoms with Crippen molar-refractivity contribution in [2.24, 2.45) is 0 Å². The van der Waals surface area contributed by atoms with Crippen LogP contribution in [0, 0.1) is 0 Å². The van der Waals surface area contributed by atoms with Crippen LogP contribution in [-0.4, -0.2) is 28.8 Å². The highest BCUT2D eigenvalue weighted by Gasteiger charge is 2.46. The molecule has 1 aromatic heterocycles. The summed E-state index contributed by atoms with van der Waals surface area (Å²) in [6.45, 7) is 6.54. The monoisotopic (exact) mass is 551 g/mol. The highest BCUT2D eigenvalue weighted by Crippen LogP contribution is 2.42. The molecular formula is C34H33NO6. The van der Waals surface area contributed by atoms with Gasteiger partial charge in [-0.3, -0.25) is 9.59 Å². The minimum Gasteiger partial charge on any atom is -0.507 e. The summed E-state index contributed by atoms with van der Waals surface area (Å²) in [4.78, 5) is 28.4. The number of ether oxygens (including phenoxy) is 2. The van der Waals surface area contributed by atoms with Crippen LogP contribution in [0.2, 0.25) is 0 Å². The maximum Gasteiger partial charge on any atom is 0.296 e. The number of amides is 1. The van der Waals surface area contributed by atoms with Crippen LogP contribution in [0.5, 0.6) is 11.5 Å². The Hall–Kier alpha value is -4.78. The van der Waals surface area contributed by atoms with Gasteiger partial charge in [-0.15, -0.1) is 0 Å². The van der Waals surface area contributed by atoms with Gasteiger partial charge in [0.2, 0.25) is 0 Å². The lowest BCUT2D eigenvalue weighted by Gasteiger charge is -2.25. The topological polar surface area (TPSA) is 89.2 Å². The summed E-state index contributed by atoms with van der Waals surface area (Å²) in [6.07, 6.45) is 1.52. The zero-order valence-electron chi connectivity index (χ0n) is 23.6. The summed E-state index contributed by atoms with van der Waals surface area (Å²) in [7, 11) is 1.59. The summed E-state index contributed by atoms with van der Waals surface area (Å²) in [6, 6.07) is 24.9. The van der Waals surface area contributed by atoms with Crippen LogP contribution in [0.4, 0.5) is 0 Å². The number of furan rings is 1. The average Bonchev–Trinajstić information content (AvgIpc) is 3.58. The minimum atomic E-state index is -0.861. The number of Topliss-reactive ketones (excluding diaryl/α,β-unsaturated/α-hetero) is 1. The van der Waals surface area contributed by atoms with Crippen molar-refractivity contribution < 1.29 is 28.6 Å². The van der Waals surface area contributed by atoms with E-state index in [1.807, 2.05) is 75.4 Å². The van der Waals surface area contributed by atoms with E-state index in [1.165, 1.54) is 11.2 Å². The molecule has 1 N–H and O–H groups in total. The summed E-state index contributed by atoms with van der Waals surface area (Å²) in [5.74, 6) is 0.0457. The molecule has 1 amide bonds. The highest BCUT2D eigenvalue weighted by molar-refractivity contribution is 6.46. The first kappa shape index (κ1) is 27.8. The predicted molar refractivity (Wildman–Crippen MR) is 155 cm³/mol. The number of hydrogen-bond acceptors (Lipinski definition) is 6. The number of nitrogens with zero attached hydrogens (tertiary/aromatic N) is 1. The van der Waals surface area contributed by atoms with Gasteiger partial charge >= 0.3 is 0 Å². The Balaban J connectivity index is 1.60. The van der Waals surface area contributed by atoms with Crippen LogP contribution in [0.15, 0.2) is 101 Å². The first-order chi connectivity index (χ1) is 19.7. The van der Waals surface area contributed by atoms with Crippen LogP contribution in [-0.2, 0) is 28.2 Å². The molecule has 2 heterocycles. The van der Waals surface area contributed by atoms with Gasteiger partial charge in [0.15, 0.2) is 0 Å². The smallest absolute Gasteiger partial charge is 0.296 e. The average molecular weight is 552 g/mol. The molecule has 1 atom stereocenters. The third kappa shape index (κ3) is 5.75. The van der Waals surface area contributed by atoms with Gasteiger partial charge in [0.25, 0.3) is 11.7 Å². The minimum absolute atomic E-state index is 0.00629. The number of likely N-dealkylation sites (tertiary alicyclic amines) is 1. The highest BCUT2D eigenvalue weighted by atomic mass is 16.5. The van der Waals surface area contributed by atoms with Crippen molar-refractivity contribution in [3.05, 3.63) is 125 Å². The van der Waals surface area contributed by atoms with Crippen molar-refractivity contribution in [2.45, 2.75) is 45.4 Å². The van der Waals surface area contributed by atoms with Crippen LogP contribution >= 0.6 is 0 Å². The Morgan fingerprint density at radius 2 is 1.73 bits per heavy atom. The molecule has 1 saturated heterocycles. The van der Waals surface area contributed by atoms with Gasteiger partial charge in [-0.05, 0) is 59.0 Å². The Morgan fingerprint density at radius 3 is 2.41 bits per heavy atom. The van der Waals surface area contributed by atoms with Crippen LogP contribution in [0.3, 0.4) is 0 Å². The zero-order valence-corrected chi connectivity index (χ0v) is 23.6. The van der Waals surface area contributed by atoms with Crippen LogP contribution < -0.4 is 9.47 Å². The van der Waals surface area contributed by atoms with E-state index >= 15 is 0 Å².